The highest BCUT2D eigenvalue weighted by molar-refractivity contribution is 4.69. The minimum absolute atomic E-state index is 0.555. The lowest BCUT2D eigenvalue weighted by molar-refractivity contribution is -0.0498. The molecule has 0 aromatic rings. The second-order valence-electron chi connectivity index (χ2n) is 4.18. The number of hydrogen-bond donors (Lipinski definition) is 2. The SMILES string of the molecule is CC1CCC(CCC(O)O)CC1. The van der Waals surface area contributed by atoms with Crippen molar-refractivity contribution >= 4 is 0 Å². The predicted octanol–water partition coefficient (Wildman–Crippen LogP) is 1.90. The smallest absolute Gasteiger partial charge is 0.151 e. The molecule has 0 heterocycles. The molecule has 0 unspecified atom stereocenters. The molecule has 0 radical (unpaired) electrons. The fraction of sp³-hybridized carbons (Fsp3) is 1.00. The molecule has 0 atom stereocenters. The number of aliphatic hydroxyl groups is 2. The van der Waals surface area contributed by atoms with Crippen LogP contribution in [0.1, 0.15) is 45.4 Å². The lowest BCUT2D eigenvalue weighted by atomic mass is 9.81. The molecule has 0 spiro atoms. The molecule has 0 saturated heterocycles. The molecule has 12 heavy (non-hydrogen) atoms. The molecule has 1 rings (SSSR count). The van der Waals surface area contributed by atoms with Crippen molar-refractivity contribution in [1.29, 1.82) is 0 Å². The van der Waals surface area contributed by atoms with Crippen LogP contribution >= 0.6 is 0 Å². The summed E-state index contributed by atoms with van der Waals surface area (Å²) in [5, 5.41) is 17.4. The molecule has 0 aromatic heterocycles. The Morgan fingerprint density at radius 3 is 2.25 bits per heavy atom. The summed E-state index contributed by atoms with van der Waals surface area (Å²) in [6, 6.07) is 0. The van der Waals surface area contributed by atoms with Crippen molar-refractivity contribution in [1.82, 2.24) is 0 Å². The molecule has 1 fully saturated rings. The molecule has 2 N–H and O–H groups in total. The Labute approximate surface area is 74.6 Å². The zero-order valence-corrected chi connectivity index (χ0v) is 7.87. The van der Waals surface area contributed by atoms with E-state index < -0.39 is 6.29 Å². The maximum absolute atomic E-state index is 8.69. The van der Waals surface area contributed by atoms with Crippen LogP contribution in [0.25, 0.3) is 0 Å². The second kappa shape index (κ2) is 4.83. The van der Waals surface area contributed by atoms with E-state index in [1.807, 2.05) is 0 Å². The molecular formula is C10H20O2. The van der Waals surface area contributed by atoms with Gasteiger partial charge in [0.15, 0.2) is 6.29 Å². The first kappa shape index (κ1) is 10.0. The van der Waals surface area contributed by atoms with Crippen molar-refractivity contribution in [2.24, 2.45) is 11.8 Å². The van der Waals surface area contributed by atoms with Gasteiger partial charge in [0.05, 0.1) is 0 Å². The molecule has 0 bridgehead atoms. The second-order valence-corrected chi connectivity index (χ2v) is 4.18. The zero-order valence-electron chi connectivity index (χ0n) is 7.87. The molecule has 0 aromatic carbocycles. The molecular weight excluding hydrogens is 152 g/mol. The van der Waals surface area contributed by atoms with Crippen LogP contribution in [0.15, 0.2) is 0 Å². The summed E-state index contributed by atoms with van der Waals surface area (Å²) in [6.07, 6.45) is 5.67. The highest BCUT2D eigenvalue weighted by Crippen LogP contribution is 2.31. The first-order valence-electron chi connectivity index (χ1n) is 5.04. The summed E-state index contributed by atoms with van der Waals surface area (Å²) in [4.78, 5) is 0. The average Bonchev–Trinajstić information content (AvgIpc) is 2.03. The van der Waals surface area contributed by atoms with Gasteiger partial charge in [-0.2, -0.15) is 0 Å². The van der Waals surface area contributed by atoms with Gasteiger partial charge < -0.3 is 10.2 Å². The van der Waals surface area contributed by atoms with E-state index in [1.54, 1.807) is 0 Å². The van der Waals surface area contributed by atoms with E-state index in [9.17, 15) is 0 Å². The van der Waals surface area contributed by atoms with Crippen molar-refractivity contribution in [3.8, 4) is 0 Å². The van der Waals surface area contributed by atoms with Gasteiger partial charge in [0, 0.05) is 0 Å². The lowest BCUT2D eigenvalue weighted by Gasteiger charge is -2.26. The number of rotatable bonds is 3. The van der Waals surface area contributed by atoms with Crippen LogP contribution in [0.5, 0.6) is 0 Å². The Hall–Kier alpha value is -0.0800. The van der Waals surface area contributed by atoms with Crippen LogP contribution in [0.4, 0.5) is 0 Å². The van der Waals surface area contributed by atoms with Crippen LogP contribution in [0, 0.1) is 11.8 Å². The summed E-state index contributed by atoms with van der Waals surface area (Å²) < 4.78 is 0. The summed E-state index contributed by atoms with van der Waals surface area (Å²) >= 11 is 0. The number of aliphatic hydroxyl groups excluding tert-OH is 1. The molecule has 1 saturated carbocycles. The van der Waals surface area contributed by atoms with Gasteiger partial charge in [0.1, 0.15) is 0 Å². The van der Waals surface area contributed by atoms with Crippen LogP contribution in [0.3, 0.4) is 0 Å². The summed E-state index contributed by atoms with van der Waals surface area (Å²) in [6.45, 7) is 2.30. The molecule has 2 nitrogen and oxygen atoms in total. The normalized spacial score (nSPS) is 31.0. The minimum Gasteiger partial charge on any atom is -0.368 e. The zero-order chi connectivity index (χ0) is 8.97. The van der Waals surface area contributed by atoms with Gasteiger partial charge >= 0.3 is 0 Å². The maximum Gasteiger partial charge on any atom is 0.151 e. The van der Waals surface area contributed by atoms with Crippen molar-refractivity contribution in [3.05, 3.63) is 0 Å². The van der Waals surface area contributed by atoms with E-state index in [4.69, 9.17) is 10.2 Å². The van der Waals surface area contributed by atoms with Gasteiger partial charge in [-0.15, -0.1) is 0 Å². The third-order valence-electron chi connectivity index (χ3n) is 2.97. The van der Waals surface area contributed by atoms with E-state index in [0.717, 1.165) is 18.3 Å². The Balaban J connectivity index is 2.09. The fourth-order valence-electron chi connectivity index (χ4n) is 2.00. The van der Waals surface area contributed by atoms with Crippen LogP contribution in [-0.2, 0) is 0 Å². The van der Waals surface area contributed by atoms with Crippen LogP contribution in [-0.4, -0.2) is 16.5 Å². The maximum atomic E-state index is 8.69. The van der Waals surface area contributed by atoms with Gasteiger partial charge in [-0.3, -0.25) is 0 Å². The van der Waals surface area contributed by atoms with Crippen LogP contribution in [0.2, 0.25) is 0 Å². The van der Waals surface area contributed by atoms with Gasteiger partial charge in [-0.05, 0) is 24.7 Å². The highest BCUT2D eigenvalue weighted by atomic mass is 16.5. The molecule has 0 aliphatic heterocycles. The Morgan fingerprint density at radius 2 is 1.75 bits per heavy atom. The summed E-state index contributed by atoms with van der Waals surface area (Å²) in [5.74, 6) is 1.64. The van der Waals surface area contributed by atoms with E-state index >= 15 is 0 Å². The van der Waals surface area contributed by atoms with Gasteiger partial charge in [-0.25, -0.2) is 0 Å². The molecule has 72 valence electrons. The van der Waals surface area contributed by atoms with E-state index in [0.29, 0.717) is 6.42 Å². The summed E-state index contributed by atoms with van der Waals surface area (Å²) in [5.41, 5.74) is 0. The fourth-order valence-corrected chi connectivity index (χ4v) is 2.00. The van der Waals surface area contributed by atoms with Crippen molar-refractivity contribution in [3.63, 3.8) is 0 Å². The largest absolute Gasteiger partial charge is 0.368 e. The third-order valence-corrected chi connectivity index (χ3v) is 2.97. The van der Waals surface area contributed by atoms with Crippen molar-refractivity contribution in [2.75, 3.05) is 0 Å². The quantitative estimate of drug-likeness (QED) is 0.638. The van der Waals surface area contributed by atoms with Gasteiger partial charge in [0.25, 0.3) is 0 Å². The van der Waals surface area contributed by atoms with E-state index in [1.165, 1.54) is 25.7 Å². The number of hydrogen-bond acceptors (Lipinski definition) is 2. The monoisotopic (exact) mass is 172 g/mol. The van der Waals surface area contributed by atoms with Gasteiger partial charge in [0.2, 0.25) is 0 Å². The average molecular weight is 172 g/mol. The summed E-state index contributed by atoms with van der Waals surface area (Å²) in [7, 11) is 0. The van der Waals surface area contributed by atoms with E-state index in [-0.39, 0.29) is 0 Å². The Kier molecular flexibility index (Phi) is 4.02. The Morgan fingerprint density at radius 1 is 1.17 bits per heavy atom. The predicted molar refractivity (Wildman–Crippen MR) is 48.6 cm³/mol. The van der Waals surface area contributed by atoms with Gasteiger partial charge in [-0.1, -0.05) is 32.6 Å². The highest BCUT2D eigenvalue weighted by Gasteiger charge is 2.18. The minimum atomic E-state index is -1.09. The third kappa shape index (κ3) is 3.55. The molecule has 1 aliphatic carbocycles. The topological polar surface area (TPSA) is 40.5 Å². The van der Waals surface area contributed by atoms with Crippen molar-refractivity contribution < 1.29 is 10.2 Å². The molecule has 0 amide bonds. The van der Waals surface area contributed by atoms with Crippen molar-refractivity contribution in [2.45, 2.75) is 51.7 Å². The van der Waals surface area contributed by atoms with E-state index in [2.05, 4.69) is 6.92 Å². The molecule has 2 heteroatoms. The Bertz CT molecular complexity index is 115. The lowest BCUT2D eigenvalue weighted by Crippen LogP contribution is -2.14. The molecule has 1 aliphatic rings. The van der Waals surface area contributed by atoms with Crippen LogP contribution < -0.4 is 0 Å². The standard InChI is InChI=1S/C10H20O2/c1-8-2-4-9(5-3-8)6-7-10(11)12/h8-12H,2-7H2,1H3. The first-order chi connectivity index (χ1) is 5.68. The first-order valence-corrected chi connectivity index (χ1v) is 5.04.